The lowest BCUT2D eigenvalue weighted by Crippen LogP contribution is -2.28. The smallest absolute Gasteiger partial charge is 0.174 e. The first kappa shape index (κ1) is 21.3. The summed E-state index contributed by atoms with van der Waals surface area (Å²) in [5.74, 6) is 0. The molecule has 27 heavy (non-hydrogen) atoms. The van der Waals surface area contributed by atoms with Gasteiger partial charge in [0.15, 0.2) is 9.84 Å². The average Bonchev–Trinajstić information content (AvgIpc) is 2.57. The van der Waals surface area contributed by atoms with Gasteiger partial charge in [-0.05, 0) is 29.8 Å². The van der Waals surface area contributed by atoms with E-state index in [2.05, 4.69) is 46.7 Å². The van der Waals surface area contributed by atoms with Gasteiger partial charge in [0.2, 0.25) is 0 Å². The molecule has 2 heterocycles. The number of halogens is 1. The zero-order valence-corrected chi connectivity index (χ0v) is 17.5. The Bertz CT molecular complexity index is 1030. The van der Waals surface area contributed by atoms with Gasteiger partial charge in [-0.2, -0.15) is 0 Å². The molecule has 0 aromatic carbocycles. The lowest BCUT2D eigenvalue weighted by Gasteiger charge is -2.17. The first-order valence-electron chi connectivity index (χ1n) is 8.28. The summed E-state index contributed by atoms with van der Waals surface area (Å²) in [5, 5.41) is 0.414. The molecule has 0 spiro atoms. The van der Waals surface area contributed by atoms with Crippen molar-refractivity contribution >= 4 is 50.6 Å². The third-order valence-corrected chi connectivity index (χ3v) is 5.25. The molecule has 0 radical (unpaired) electrons. The standard InChI is InChI=1S/C18H20B3ClN2O2S/c1-11(4-5-12(2)27(3,25)26)15-8-14(22)10-24-17(15)13-6-7-16(23-9-13)18(19,20)21/h4-10H,1-2,19-21H2,3H3/b5-4-. The fraction of sp³-hybridized carbons (Fsp3) is 0.111. The van der Waals surface area contributed by atoms with Crippen molar-refractivity contribution < 1.29 is 8.42 Å². The summed E-state index contributed by atoms with van der Waals surface area (Å²) in [5.41, 5.74) is 3.75. The van der Waals surface area contributed by atoms with E-state index in [-0.39, 0.29) is 10.0 Å². The number of sulfone groups is 1. The van der Waals surface area contributed by atoms with Gasteiger partial charge in [-0.15, -0.1) is 0 Å². The molecule has 0 aliphatic carbocycles. The van der Waals surface area contributed by atoms with E-state index in [1.807, 2.05) is 12.1 Å². The Balaban J connectivity index is 2.44. The van der Waals surface area contributed by atoms with Crippen molar-refractivity contribution in [2.24, 2.45) is 0 Å². The van der Waals surface area contributed by atoms with E-state index in [4.69, 9.17) is 11.6 Å². The Hall–Kier alpha value is -2.05. The minimum atomic E-state index is -3.34. The van der Waals surface area contributed by atoms with Crippen molar-refractivity contribution in [2.75, 3.05) is 6.26 Å². The zero-order valence-electron chi connectivity index (χ0n) is 16.0. The van der Waals surface area contributed by atoms with Crippen molar-refractivity contribution in [3.05, 3.63) is 77.1 Å². The van der Waals surface area contributed by atoms with Crippen LogP contribution in [0, 0.1) is 0 Å². The SMILES string of the molecule is BC(B)(B)c1ccc(-c2ncc(Cl)cc2C(=C)/C=C\C(=C)S(C)(=O)=O)cn1. The molecule has 4 nitrogen and oxygen atoms in total. The topological polar surface area (TPSA) is 59.9 Å². The highest BCUT2D eigenvalue weighted by Crippen LogP contribution is 2.29. The van der Waals surface area contributed by atoms with Gasteiger partial charge in [0, 0.05) is 35.5 Å². The second-order valence-corrected chi connectivity index (χ2v) is 9.83. The number of nitrogens with zero attached hydrogens (tertiary/aromatic N) is 2. The normalized spacial score (nSPS) is 12.2. The van der Waals surface area contributed by atoms with Crippen LogP contribution >= 0.6 is 11.6 Å². The average molecular weight is 396 g/mol. The van der Waals surface area contributed by atoms with Crippen LogP contribution < -0.4 is 0 Å². The van der Waals surface area contributed by atoms with Crippen molar-refractivity contribution in [2.45, 2.75) is 5.11 Å². The summed E-state index contributed by atoms with van der Waals surface area (Å²) in [7, 11) is 2.95. The van der Waals surface area contributed by atoms with Crippen LogP contribution in [0.15, 0.2) is 60.8 Å². The molecule has 0 bridgehead atoms. The molecule has 0 N–H and O–H groups in total. The Morgan fingerprint density at radius 3 is 2.33 bits per heavy atom. The van der Waals surface area contributed by atoms with Crippen LogP contribution in [0.25, 0.3) is 16.8 Å². The summed E-state index contributed by atoms with van der Waals surface area (Å²) in [6.45, 7) is 7.58. The summed E-state index contributed by atoms with van der Waals surface area (Å²) >= 11 is 6.11. The lowest BCUT2D eigenvalue weighted by molar-refractivity contribution is 0.608. The van der Waals surface area contributed by atoms with Crippen LogP contribution in [0.3, 0.4) is 0 Å². The van der Waals surface area contributed by atoms with Crippen LogP contribution in [0.5, 0.6) is 0 Å². The van der Waals surface area contributed by atoms with E-state index in [1.54, 1.807) is 24.5 Å². The Morgan fingerprint density at radius 1 is 1.15 bits per heavy atom. The summed E-state index contributed by atoms with van der Waals surface area (Å²) in [4.78, 5) is 8.98. The van der Waals surface area contributed by atoms with Gasteiger partial charge in [0.25, 0.3) is 0 Å². The number of aromatic nitrogens is 2. The van der Waals surface area contributed by atoms with Crippen LogP contribution in [-0.2, 0) is 15.0 Å². The molecule has 2 aromatic rings. The monoisotopic (exact) mass is 396 g/mol. The predicted octanol–water partition coefficient (Wildman–Crippen LogP) is 0.934. The van der Waals surface area contributed by atoms with E-state index < -0.39 is 9.84 Å². The number of hydrogen-bond donors (Lipinski definition) is 0. The van der Waals surface area contributed by atoms with Gasteiger partial charge in [-0.25, -0.2) is 8.42 Å². The fourth-order valence-corrected chi connectivity index (χ4v) is 2.77. The molecular formula is C18H20B3ClN2O2S. The summed E-state index contributed by atoms with van der Waals surface area (Å²) in [6.07, 6.45) is 7.45. The molecular weight excluding hydrogens is 376 g/mol. The maximum Gasteiger partial charge on any atom is 0.174 e. The Labute approximate surface area is 168 Å². The van der Waals surface area contributed by atoms with Gasteiger partial charge < -0.3 is 0 Å². The fourth-order valence-electron chi connectivity index (χ4n) is 2.30. The second-order valence-electron chi connectivity index (χ2n) is 7.33. The highest BCUT2D eigenvalue weighted by atomic mass is 35.5. The molecule has 2 aromatic heterocycles. The first-order valence-corrected chi connectivity index (χ1v) is 10.6. The summed E-state index contributed by atoms with van der Waals surface area (Å²) in [6, 6.07) is 5.68. The highest BCUT2D eigenvalue weighted by Gasteiger charge is 2.17. The quantitative estimate of drug-likeness (QED) is 0.539. The molecule has 0 saturated carbocycles. The van der Waals surface area contributed by atoms with E-state index >= 15 is 0 Å². The minimum Gasteiger partial charge on any atom is -0.262 e. The molecule has 0 atom stereocenters. The Kier molecular flexibility index (Phi) is 6.23. The maximum atomic E-state index is 11.5. The van der Waals surface area contributed by atoms with Crippen molar-refractivity contribution in [3.63, 3.8) is 0 Å². The van der Waals surface area contributed by atoms with Crippen LogP contribution in [-0.4, -0.2) is 48.2 Å². The number of allylic oxidation sites excluding steroid dienone is 3. The first-order chi connectivity index (χ1) is 12.4. The molecule has 0 aliphatic heterocycles. The highest BCUT2D eigenvalue weighted by molar-refractivity contribution is 7.94. The molecule has 9 heteroatoms. The van der Waals surface area contributed by atoms with Crippen LogP contribution in [0.2, 0.25) is 5.02 Å². The van der Waals surface area contributed by atoms with Gasteiger partial charge in [-0.3, -0.25) is 9.97 Å². The van der Waals surface area contributed by atoms with Crippen molar-refractivity contribution in [1.82, 2.24) is 9.97 Å². The van der Waals surface area contributed by atoms with E-state index in [9.17, 15) is 8.42 Å². The predicted molar refractivity (Wildman–Crippen MR) is 122 cm³/mol. The number of pyridine rings is 2. The molecule has 0 fully saturated rings. The zero-order chi connectivity index (χ0) is 20.4. The van der Waals surface area contributed by atoms with E-state index in [1.165, 1.54) is 6.08 Å². The van der Waals surface area contributed by atoms with Crippen molar-refractivity contribution in [1.29, 1.82) is 0 Å². The molecule has 0 amide bonds. The van der Waals surface area contributed by atoms with Crippen molar-refractivity contribution in [3.8, 4) is 11.3 Å². The van der Waals surface area contributed by atoms with Crippen LogP contribution in [0.1, 0.15) is 11.3 Å². The van der Waals surface area contributed by atoms with E-state index in [0.717, 1.165) is 17.5 Å². The third-order valence-electron chi connectivity index (χ3n) is 3.95. The molecule has 2 rings (SSSR count). The number of hydrogen-bond acceptors (Lipinski definition) is 4. The lowest BCUT2D eigenvalue weighted by atomic mass is 9.41. The van der Waals surface area contributed by atoms with Gasteiger partial charge >= 0.3 is 0 Å². The van der Waals surface area contributed by atoms with Gasteiger partial charge in [-0.1, -0.05) is 35.9 Å². The largest absolute Gasteiger partial charge is 0.262 e. The third kappa shape index (κ3) is 5.47. The summed E-state index contributed by atoms with van der Waals surface area (Å²) < 4.78 is 23.0. The molecule has 0 aliphatic rings. The van der Waals surface area contributed by atoms with Gasteiger partial charge in [0.1, 0.15) is 0 Å². The van der Waals surface area contributed by atoms with E-state index in [0.29, 0.717) is 21.9 Å². The molecule has 136 valence electrons. The second kappa shape index (κ2) is 7.91. The molecule has 0 unspecified atom stereocenters. The maximum absolute atomic E-state index is 11.5. The van der Waals surface area contributed by atoms with Crippen LogP contribution in [0.4, 0.5) is 0 Å². The number of rotatable bonds is 6. The Morgan fingerprint density at radius 2 is 1.81 bits per heavy atom. The minimum absolute atomic E-state index is 0.0105. The van der Waals surface area contributed by atoms with Gasteiger partial charge in [0.05, 0.1) is 39.2 Å². The molecule has 0 saturated heterocycles.